The van der Waals surface area contributed by atoms with Crippen LogP contribution in [0.3, 0.4) is 0 Å². The summed E-state index contributed by atoms with van der Waals surface area (Å²) in [6.07, 6.45) is 1.40. The number of hydrogen-bond donors (Lipinski definition) is 1. The molecule has 0 bridgehead atoms. The summed E-state index contributed by atoms with van der Waals surface area (Å²) in [5, 5.41) is 12.5. The lowest BCUT2D eigenvalue weighted by Crippen LogP contribution is -2.42. The maximum absolute atomic E-state index is 15.4. The molecule has 1 aliphatic rings. The first-order valence-electron chi connectivity index (χ1n) is 14.0. The molecule has 0 fully saturated rings. The van der Waals surface area contributed by atoms with Crippen molar-refractivity contribution in [3.8, 4) is 5.69 Å². The Kier molecular flexibility index (Phi) is 7.32. The van der Waals surface area contributed by atoms with E-state index in [1.165, 1.54) is 12.3 Å². The highest BCUT2D eigenvalue weighted by Crippen LogP contribution is 2.38. The minimum atomic E-state index is -0.875. The van der Waals surface area contributed by atoms with Crippen molar-refractivity contribution in [2.75, 3.05) is 11.9 Å². The van der Waals surface area contributed by atoms with E-state index in [1.807, 2.05) is 27.7 Å². The van der Waals surface area contributed by atoms with Crippen LogP contribution in [-0.2, 0) is 18.2 Å². The van der Waals surface area contributed by atoms with Gasteiger partial charge in [-0.25, -0.2) is 18.3 Å². The van der Waals surface area contributed by atoms with Gasteiger partial charge in [0.25, 0.3) is 0 Å². The van der Waals surface area contributed by atoms with E-state index in [2.05, 4.69) is 10.4 Å². The summed E-state index contributed by atoms with van der Waals surface area (Å²) in [6.45, 7) is 12.7. The van der Waals surface area contributed by atoms with Crippen LogP contribution >= 0.6 is 0 Å². The van der Waals surface area contributed by atoms with Crippen molar-refractivity contribution in [2.45, 2.75) is 72.6 Å². The number of nitrogens with zero attached hydrogens (tertiary/aromatic N) is 5. The van der Waals surface area contributed by atoms with Gasteiger partial charge in [0.2, 0.25) is 0 Å². The molecule has 0 saturated heterocycles. The van der Waals surface area contributed by atoms with Gasteiger partial charge >= 0.3 is 6.09 Å². The number of hydrogen-bond acceptors (Lipinski definition) is 6. The molecule has 4 aromatic rings. The number of benzene rings is 2. The molecule has 0 spiro atoms. The number of ketones is 1. The van der Waals surface area contributed by atoms with Crippen molar-refractivity contribution in [3.05, 3.63) is 70.0 Å². The third kappa shape index (κ3) is 5.12. The normalized spacial score (nSPS) is 16.0. The van der Waals surface area contributed by atoms with Crippen molar-refractivity contribution in [2.24, 2.45) is 7.05 Å². The van der Waals surface area contributed by atoms with Crippen molar-refractivity contribution >= 4 is 28.6 Å². The molecule has 2 aromatic heterocycles. The number of aryl methyl sites for hydroxylation is 3. The Labute approximate surface area is 243 Å². The molecule has 0 aliphatic carbocycles. The number of fused-ring (bicyclic) bond motifs is 2. The van der Waals surface area contributed by atoms with Gasteiger partial charge in [0.1, 0.15) is 23.1 Å². The van der Waals surface area contributed by atoms with Crippen LogP contribution in [0.2, 0.25) is 0 Å². The molecule has 11 heteroatoms. The van der Waals surface area contributed by atoms with Gasteiger partial charge in [-0.1, -0.05) is 0 Å². The molecule has 2 aromatic carbocycles. The summed E-state index contributed by atoms with van der Waals surface area (Å²) in [4.78, 5) is 28.4. The summed E-state index contributed by atoms with van der Waals surface area (Å²) < 4.78 is 38.8. The molecule has 42 heavy (non-hydrogen) atoms. The van der Waals surface area contributed by atoms with Crippen molar-refractivity contribution in [3.63, 3.8) is 0 Å². The van der Waals surface area contributed by atoms with Crippen molar-refractivity contribution in [1.29, 1.82) is 0 Å². The van der Waals surface area contributed by atoms with Gasteiger partial charge in [0.15, 0.2) is 5.78 Å². The van der Waals surface area contributed by atoms with Crippen LogP contribution in [0.25, 0.3) is 16.6 Å². The lowest BCUT2D eigenvalue weighted by Gasteiger charge is -2.35. The minimum absolute atomic E-state index is 0.0627. The molecule has 1 aliphatic heterocycles. The van der Waals surface area contributed by atoms with Crippen LogP contribution in [0.15, 0.2) is 30.5 Å². The number of ether oxygens (including phenoxy) is 1. The third-order valence-electron chi connectivity index (χ3n) is 7.64. The molecule has 5 rings (SSSR count). The fourth-order valence-electron chi connectivity index (χ4n) is 5.50. The molecule has 9 nitrogen and oxygen atoms in total. The zero-order valence-electron chi connectivity index (χ0n) is 25.2. The van der Waals surface area contributed by atoms with Crippen LogP contribution in [0.4, 0.5) is 19.4 Å². The van der Waals surface area contributed by atoms with E-state index in [9.17, 15) is 14.0 Å². The smallest absolute Gasteiger partial charge is 0.410 e. The van der Waals surface area contributed by atoms with E-state index >= 15 is 4.39 Å². The summed E-state index contributed by atoms with van der Waals surface area (Å²) in [7, 11) is 1.71. The second-order valence-corrected chi connectivity index (χ2v) is 12.0. The highest BCUT2D eigenvalue weighted by Gasteiger charge is 2.37. The zero-order chi connectivity index (χ0) is 30.7. The first kappa shape index (κ1) is 29.2. The number of carbonyl (C=O) groups is 2. The Bertz CT molecular complexity index is 1690. The second kappa shape index (κ2) is 10.5. The van der Waals surface area contributed by atoms with Gasteiger partial charge in [-0.3, -0.25) is 9.48 Å². The Hall–Kier alpha value is -4.28. The molecule has 0 radical (unpaired) electrons. The number of nitrogens with one attached hydrogen (secondary N) is 1. The van der Waals surface area contributed by atoms with Crippen molar-refractivity contribution in [1.82, 2.24) is 24.5 Å². The Morgan fingerprint density at radius 1 is 1.12 bits per heavy atom. The average molecular weight is 579 g/mol. The molecule has 1 amide bonds. The SMILES string of the molecule is Cc1cc(-n2nc3c(c2NC(C)C(=O)c2ccc4c(cnn4C)c2F)[C@H](C)N(C(=O)OC(C)(C)C)CC3)cc(C)c1F. The number of halogens is 2. The molecule has 3 heterocycles. The van der Waals surface area contributed by atoms with Crippen LogP contribution < -0.4 is 5.32 Å². The van der Waals surface area contributed by atoms with Crippen LogP contribution in [0.1, 0.15) is 73.4 Å². The fourth-order valence-corrected chi connectivity index (χ4v) is 5.50. The predicted molar refractivity (Wildman–Crippen MR) is 156 cm³/mol. The van der Waals surface area contributed by atoms with Gasteiger partial charge in [-0.15, -0.1) is 0 Å². The number of anilines is 1. The molecule has 1 N–H and O–H groups in total. The maximum Gasteiger partial charge on any atom is 0.410 e. The molecular weight excluding hydrogens is 542 g/mol. The first-order valence-corrected chi connectivity index (χ1v) is 14.0. The van der Waals surface area contributed by atoms with E-state index in [4.69, 9.17) is 9.84 Å². The molecular formula is C31H36F2N6O3. The fraction of sp³-hybridized carbons (Fsp3) is 0.419. The van der Waals surface area contributed by atoms with Gasteiger partial charge in [0.05, 0.1) is 46.1 Å². The third-order valence-corrected chi connectivity index (χ3v) is 7.64. The Morgan fingerprint density at radius 3 is 2.43 bits per heavy atom. The summed E-state index contributed by atoms with van der Waals surface area (Å²) in [5.74, 6) is -0.929. The standard InChI is InChI=1S/C31H36F2N6O3/c1-16-13-20(14-17(2)26(16)32)39-29(25-19(4)38(12-11-23(25)36-39)30(41)42-31(5,6)7)35-18(3)28(40)21-9-10-24-22(27(21)33)15-34-37(24)8/h9-10,13-15,18-19,35H,11-12H2,1-8H3/t18?,19-/m0/s1. The topological polar surface area (TPSA) is 94.3 Å². The van der Waals surface area contributed by atoms with E-state index in [1.54, 1.807) is 60.3 Å². The minimum Gasteiger partial charge on any atom is -0.444 e. The Balaban J connectivity index is 1.58. The lowest BCUT2D eigenvalue weighted by atomic mass is 9.98. The second-order valence-electron chi connectivity index (χ2n) is 12.0. The quantitative estimate of drug-likeness (QED) is 0.284. The number of aromatic nitrogens is 4. The molecule has 2 atom stereocenters. The number of amides is 1. The summed E-state index contributed by atoms with van der Waals surface area (Å²) in [5.41, 5.74) is 2.80. The molecule has 0 saturated carbocycles. The van der Waals surface area contributed by atoms with Gasteiger partial charge in [-0.2, -0.15) is 10.2 Å². The highest BCUT2D eigenvalue weighted by molar-refractivity contribution is 6.04. The van der Waals surface area contributed by atoms with Gasteiger partial charge in [-0.05, 0) is 83.9 Å². The zero-order valence-corrected chi connectivity index (χ0v) is 25.2. The van der Waals surface area contributed by atoms with E-state index < -0.39 is 35.4 Å². The first-order chi connectivity index (χ1) is 19.7. The number of Topliss-reactive ketones (excluding diaryl/α,β-unsaturated/α-hetero) is 1. The van der Waals surface area contributed by atoms with E-state index in [0.717, 1.165) is 11.3 Å². The predicted octanol–water partition coefficient (Wildman–Crippen LogP) is 6.19. The number of carbonyl (C=O) groups excluding carboxylic acids is 2. The van der Waals surface area contributed by atoms with Crippen LogP contribution in [0, 0.1) is 25.5 Å². The van der Waals surface area contributed by atoms with Gasteiger partial charge < -0.3 is 15.0 Å². The van der Waals surface area contributed by atoms with E-state index in [0.29, 0.717) is 41.1 Å². The molecule has 1 unspecified atom stereocenters. The van der Waals surface area contributed by atoms with Gasteiger partial charge in [0, 0.05) is 25.6 Å². The monoisotopic (exact) mass is 578 g/mol. The number of rotatable bonds is 5. The van der Waals surface area contributed by atoms with Crippen molar-refractivity contribution < 1.29 is 23.1 Å². The van der Waals surface area contributed by atoms with Crippen LogP contribution in [-0.4, -0.2) is 54.5 Å². The maximum atomic E-state index is 15.4. The summed E-state index contributed by atoms with van der Waals surface area (Å²) >= 11 is 0. The largest absolute Gasteiger partial charge is 0.444 e. The molecule has 222 valence electrons. The van der Waals surface area contributed by atoms with E-state index in [-0.39, 0.29) is 16.8 Å². The highest BCUT2D eigenvalue weighted by atomic mass is 19.1. The lowest BCUT2D eigenvalue weighted by molar-refractivity contribution is 0.0160. The average Bonchev–Trinajstić information content (AvgIpc) is 3.47. The summed E-state index contributed by atoms with van der Waals surface area (Å²) in [6, 6.07) is 5.18. The van der Waals surface area contributed by atoms with Crippen LogP contribution in [0.5, 0.6) is 0 Å². The Morgan fingerprint density at radius 2 is 1.79 bits per heavy atom.